The maximum atomic E-state index is 9.60. The van der Waals surface area contributed by atoms with Gasteiger partial charge < -0.3 is 35.7 Å². The van der Waals surface area contributed by atoms with Gasteiger partial charge in [-0.15, -0.1) is 0 Å². The minimum Gasteiger partial charge on any atom is -0.505 e. The Morgan fingerprint density at radius 3 is 1.06 bits per heavy atom. The minimum atomic E-state index is -1.22. The minimum absolute atomic E-state index is 0.00904. The highest BCUT2D eigenvalue weighted by molar-refractivity contribution is 6.55. The summed E-state index contributed by atoms with van der Waals surface area (Å²) in [6.45, 7) is 8.15. The number of halogens is 5. The summed E-state index contributed by atoms with van der Waals surface area (Å²) in [6, 6.07) is 0. The molecule has 0 fully saturated rings. The first-order valence-corrected chi connectivity index (χ1v) is 9.92. The Hall–Kier alpha value is -1.27. The molecule has 0 amide bonds. The van der Waals surface area contributed by atoms with Crippen LogP contribution in [0.5, 0.6) is 5.75 Å². The molecule has 184 valence electrons. The van der Waals surface area contributed by atoms with E-state index in [1.807, 2.05) is 0 Å². The summed E-state index contributed by atoms with van der Waals surface area (Å²) in [5.41, 5.74) is 0.352. The molecule has 0 radical (unpaired) electrons. The number of carboxylic acids is 2. The molecule has 2 unspecified atom stereocenters. The van der Waals surface area contributed by atoms with Gasteiger partial charge in [-0.2, -0.15) is 0 Å². The van der Waals surface area contributed by atoms with Crippen molar-refractivity contribution in [3.05, 3.63) is 49.4 Å². The molecule has 14 heteroatoms. The first-order chi connectivity index (χ1) is 14.5. The number of carbonyl (C=O) groups is 2. The van der Waals surface area contributed by atoms with Crippen molar-refractivity contribution in [3.63, 3.8) is 0 Å². The molecule has 1 aromatic carbocycles. The van der Waals surface area contributed by atoms with Crippen molar-refractivity contribution in [3.8, 4) is 5.75 Å². The molecule has 0 saturated carbocycles. The Labute approximate surface area is 209 Å². The van der Waals surface area contributed by atoms with Crippen molar-refractivity contribution in [1.29, 1.82) is 0 Å². The number of rotatable bonds is 5. The number of phenols is 1. The third kappa shape index (κ3) is 14.7. The topological polar surface area (TPSA) is 176 Å². The van der Waals surface area contributed by atoms with Gasteiger partial charge in [-0.25, -0.2) is 9.59 Å². The predicted molar refractivity (Wildman–Crippen MR) is 124 cm³/mol. The standard InChI is InChI=1S/C6HCl5O.C4H10O4.2C4H6O2/c7-1-2(8)4(10)6(12)5(11)3(1)9;5-1-3(7)4(8)2-6;2*1-3(2)4(5)6/h12H;3-8H,1-2H2;2*1H2,2H3,(H,5,6). The van der Waals surface area contributed by atoms with Crippen LogP contribution in [-0.2, 0) is 9.59 Å². The van der Waals surface area contributed by atoms with Gasteiger partial charge in [0.1, 0.15) is 22.3 Å². The smallest absolute Gasteiger partial charge is 0.330 e. The van der Waals surface area contributed by atoms with Gasteiger partial charge in [0, 0.05) is 11.1 Å². The van der Waals surface area contributed by atoms with E-state index in [2.05, 4.69) is 13.2 Å². The van der Waals surface area contributed by atoms with Crippen LogP contribution in [0, 0.1) is 0 Å². The molecule has 0 aliphatic carbocycles. The largest absolute Gasteiger partial charge is 0.505 e. The van der Waals surface area contributed by atoms with Gasteiger partial charge in [0.15, 0.2) is 5.75 Å². The van der Waals surface area contributed by atoms with E-state index in [1.165, 1.54) is 13.8 Å². The highest BCUT2D eigenvalue weighted by atomic mass is 35.5. The summed E-state index contributed by atoms with van der Waals surface area (Å²) >= 11 is 27.9. The van der Waals surface area contributed by atoms with Crippen molar-refractivity contribution < 1.29 is 45.3 Å². The third-order valence-electron chi connectivity index (χ3n) is 2.74. The van der Waals surface area contributed by atoms with Gasteiger partial charge in [0.25, 0.3) is 0 Å². The van der Waals surface area contributed by atoms with Crippen LogP contribution >= 0.6 is 58.0 Å². The number of aliphatic carboxylic acids is 2. The molecule has 2 atom stereocenters. The second-order valence-electron chi connectivity index (χ2n) is 5.59. The van der Waals surface area contributed by atoms with Crippen molar-refractivity contribution in [2.45, 2.75) is 26.1 Å². The summed E-state index contributed by atoms with van der Waals surface area (Å²) in [5, 5.41) is 58.0. The first-order valence-electron chi connectivity index (χ1n) is 8.03. The highest BCUT2D eigenvalue weighted by Gasteiger charge is 2.18. The summed E-state index contributed by atoms with van der Waals surface area (Å²) in [6.07, 6.45) is -2.44. The van der Waals surface area contributed by atoms with Crippen LogP contribution in [0.25, 0.3) is 0 Å². The predicted octanol–water partition coefficient (Wildman–Crippen LogP) is 3.65. The zero-order chi connectivity index (χ0) is 26.3. The summed E-state index contributed by atoms with van der Waals surface area (Å²) < 4.78 is 0. The maximum absolute atomic E-state index is 9.60. The van der Waals surface area contributed by atoms with E-state index in [1.54, 1.807) is 0 Å². The average Bonchev–Trinajstić information content (AvgIpc) is 2.74. The number of aromatic hydroxyl groups is 1. The van der Waals surface area contributed by atoms with Crippen LogP contribution in [-0.4, -0.2) is 73.1 Å². The van der Waals surface area contributed by atoms with E-state index >= 15 is 0 Å². The number of carboxylic acid groups (broad SMARTS) is 2. The van der Waals surface area contributed by atoms with Gasteiger partial charge in [0.2, 0.25) is 0 Å². The number of aliphatic hydroxyl groups is 4. The van der Waals surface area contributed by atoms with Crippen LogP contribution in [0.3, 0.4) is 0 Å². The molecule has 0 saturated heterocycles. The van der Waals surface area contributed by atoms with E-state index < -0.39 is 37.4 Å². The summed E-state index contributed by atoms with van der Waals surface area (Å²) in [5.74, 6) is -2.23. The van der Waals surface area contributed by atoms with Gasteiger partial charge in [-0.3, -0.25) is 0 Å². The van der Waals surface area contributed by atoms with Crippen LogP contribution in [0.4, 0.5) is 0 Å². The molecule has 0 aromatic heterocycles. The average molecular weight is 561 g/mol. The molecular formula is C18H23Cl5O9. The number of hydrogen-bond donors (Lipinski definition) is 7. The zero-order valence-electron chi connectivity index (χ0n) is 16.8. The van der Waals surface area contributed by atoms with Crippen LogP contribution in [0.1, 0.15) is 13.8 Å². The number of phenolic OH excluding ortho intramolecular Hbond substituents is 1. The Morgan fingerprint density at radius 1 is 0.719 bits per heavy atom. The Morgan fingerprint density at radius 2 is 0.906 bits per heavy atom. The van der Waals surface area contributed by atoms with Crippen molar-refractivity contribution in [2.24, 2.45) is 0 Å². The Bertz CT molecular complexity index is 639. The van der Waals surface area contributed by atoms with E-state index in [9.17, 15) is 14.7 Å². The van der Waals surface area contributed by atoms with Gasteiger partial charge >= 0.3 is 11.9 Å². The normalized spacial score (nSPS) is 11.2. The molecule has 0 aliphatic heterocycles. The zero-order valence-corrected chi connectivity index (χ0v) is 20.6. The lowest BCUT2D eigenvalue weighted by Gasteiger charge is -2.10. The monoisotopic (exact) mass is 558 g/mol. The van der Waals surface area contributed by atoms with E-state index in [4.69, 9.17) is 88.6 Å². The van der Waals surface area contributed by atoms with E-state index in [-0.39, 0.29) is 42.0 Å². The SMILES string of the molecule is C=C(C)C(=O)O.C=C(C)C(=O)O.OCC(O)C(O)CO.Oc1c(Cl)c(Cl)c(Cl)c(Cl)c1Cl. The quantitative estimate of drug-likeness (QED) is 0.161. The second kappa shape index (κ2) is 18.2. The van der Waals surface area contributed by atoms with Crippen molar-refractivity contribution in [2.75, 3.05) is 13.2 Å². The van der Waals surface area contributed by atoms with Crippen molar-refractivity contribution >= 4 is 69.9 Å². The highest BCUT2D eigenvalue weighted by Crippen LogP contribution is 2.47. The first kappa shape index (κ1) is 35.3. The summed E-state index contributed by atoms with van der Waals surface area (Å²) in [4.78, 5) is 19.2. The van der Waals surface area contributed by atoms with Crippen LogP contribution < -0.4 is 0 Å². The molecule has 0 aliphatic rings. The third-order valence-corrected chi connectivity index (χ3v) is 4.99. The van der Waals surface area contributed by atoms with Gasteiger partial charge in [-0.1, -0.05) is 71.2 Å². The summed E-state index contributed by atoms with van der Waals surface area (Å²) in [7, 11) is 0. The Balaban J connectivity index is -0.000000370. The molecular weight excluding hydrogens is 537 g/mol. The lowest BCUT2D eigenvalue weighted by atomic mass is 10.2. The van der Waals surface area contributed by atoms with Crippen molar-refractivity contribution in [1.82, 2.24) is 0 Å². The van der Waals surface area contributed by atoms with Gasteiger partial charge in [-0.05, 0) is 13.8 Å². The van der Waals surface area contributed by atoms with E-state index in [0.29, 0.717) is 0 Å². The molecule has 1 aromatic rings. The van der Waals surface area contributed by atoms with Crippen LogP contribution in [0.15, 0.2) is 24.3 Å². The second-order valence-corrected chi connectivity index (χ2v) is 7.48. The number of aliphatic hydroxyl groups excluding tert-OH is 4. The van der Waals surface area contributed by atoms with Gasteiger partial charge in [0.05, 0.1) is 28.3 Å². The molecule has 0 spiro atoms. The number of benzene rings is 1. The number of hydrogen-bond acceptors (Lipinski definition) is 7. The molecule has 0 heterocycles. The fourth-order valence-corrected chi connectivity index (χ4v) is 1.97. The van der Waals surface area contributed by atoms with Crippen LogP contribution in [0.2, 0.25) is 25.1 Å². The molecule has 32 heavy (non-hydrogen) atoms. The lowest BCUT2D eigenvalue weighted by Crippen LogP contribution is -2.31. The lowest BCUT2D eigenvalue weighted by molar-refractivity contribution is -0.133. The molecule has 1 rings (SSSR count). The maximum Gasteiger partial charge on any atom is 0.330 e. The molecule has 0 bridgehead atoms. The Kier molecular flexibility index (Phi) is 20.1. The van der Waals surface area contributed by atoms with E-state index in [0.717, 1.165) is 0 Å². The fourth-order valence-electron chi connectivity index (χ4n) is 0.837. The fraction of sp³-hybridized carbons (Fsp3) is 0.333. The molecule has 7 N–H and O–H groups in total. The molecule has 9 nitrogen and oxygen atoms in total.